The zero-order valence-electron chi connectivity index (χ0n) is 29.3. The van der Waals surface area contributed by atoms with Gasteiger partial charge in [-0.3, -0.25) is 0 Å². The van der Waals surface area contributed by atoms with Crippen LogP contribution in [0.3, 0.4) is 0 Å². The molecule has 4 aromatic heterocycles. The second-order valence-corrected chi connectivity index (χ2v) is 13.9. The number of benzene rings is 8. The molecule has 12 aromatic rings. The number of furan rings is 2. The van der Waals surface area contributed by atoms with Gasteiger partial charge in [0.05, 0.1) is 16.7 Å². The topological polar surface area (TPSA) is 69.9 Å². The predicted octanol–water partition coefficient (Wildman–Crippen LogP) is 12.9. The Morgan fingerprint density at radius 3 is 1.75 bits per heavy atom. The number of hydrogen-bond donors (Lipinski definition) is 0. The first-order valence-electron chi connectivity index (χ1n) is 18.4. The van der Waals surface area contributed by atoms with E-state index in [-0.39, 0.29) is 0 Å². The van der Waals surface area contributed by atoms with Crippen LogP contribution < -0.4 is 0 Å². The van der Waals surface area contributed by atoms with Crippen LogP contribution in [-0.4, -0.2) is 19.5 Å². The molecule has 0 amide bonds. The van der Waals surface area contributed by atoms with Gasteiger partial charge in [0.25, 0.3) is 0 Å². The molecular formula is C49H28N4O2. The van der Waals surface area contributed by atoms with E-state index >= 15 is 0 Å². The van der Waals surface area contributed by atoms with Crippen LogP contribution in [0.25, 0.3) is 116 Å². The van der Waals surface area contributed by atoms with Crippen LogP contribution in [0.2, 0.25) is 0 Å². The maximum absolute atomic E-state index is 7.04. The Hall–Kier alpha value is -7.57. The Morgan fingerprint density at radius 2 is 0.982 bits per heavy atom. The van der Waals surface area contributed by atoms with E-state index < -0.39 is 0 Å². The Kier molecular flexibility index (Phi) is 6.24. The highest BCUT2D eigenvalue weighted by atomic mass is 16.3. The van der Waals surface area contributed by atoms with Crippen molar-refractivity contribution in [2.45, 2.75) is 0 Å². The molecule has 0 saturated heterocycles. The lowest BCUT2D eigenvalue weighted by atomic mass is 9.98. The van der Waals surface area contributed by atoms with Crippen molar-refractivity contribution in [3.05, 3.63) is 170 Å². The van der Waals surface area contributed by atoms with E-state index in [1.165, 1.54) is 0 Å². The summed E-state index contributed by atoms with van der Waals surface area (Å²) < 4.78 is 15.7. The number of hydrogen-bond acceptors (Lipinski definition) is 5. The summed E-state index contributed by atoms with van der Waals surface area (Å²) in [7, 11) is 0. The molecule has 6 heteroatoms. The molecule has 8 aromatic carbocycles. The summed E-state index contributed by atoms with van der Waals surface area (Å²) in [5.74, 6) is 1.82. The molecule has 12 rings (SSSR count). The van der Waals surface area contributed by atoms with E-state index in [1.807, 2.05) is 72.8 Å². The monoisotopic (exact) mass is 704 g/mol. The van der Waals surface area contributed by atoms with Crippen molar-refractivity contribution in [1.82, 2.24) is 19.5 Å². The molecule has 0 aliphatic heterocycles. The van der Waals surface area contributed by atoms with Crippen molar-refractivity contribution in [1.29, 1.82) is 0 Å². The molecule has 55 heavy (non-hydrogen) atoms. The van der Waals surface area contributed by atoms with E-state index in [0.717, 1.165) is 98.8 Å². The smallest absolute Gasteiger partial charge is 0.164 e. The van der Waals surface area contributed by atoms with E-state index in [9.17, 15) is 0 Å². The van der Waals surface area contributed by atoms with Crippen molar-refractivity contribution in [2.75, 3.05) is 0 Å². The zero-order chi connectivity index (χ0) is 36.0. The van der Waals surface area contributed by atoms with Crippen molar-refractivity contribution in [3.63, 3.8) is 0 Å². The zero-order valence-corrected chi connectivity index (χ0v) is 29.3. The van der Waals surface area contributed by atoms with Crippen LogP contribution in [0.15, 0.2) is 179 Å². The van der Waals surface area contributed by atoms with Gasteiger partial charge < -0.3 is 13.4 Å². The molecule has 0 radical (unpaired) electrons. The van der Waals surface area contributed by atoms with Gasteiger partial charge in [0, 0.05) is 49.0 Å². The molecule has 0 aliphatic rings. The molecule has 0 saturated carbocycles. The van der Waals surface area contributed by atoms with Gasteiger partial charge in [-0.1, -0.05) is 133 Å². The second kappa shape index (κ2) is 11.5. The molecule has 0 bridgehead atoms. The van der Waals surface area contributed by atoms with Gasteiger partial charge in [-0.2, -0.15) is 0 Å². The van der Waals surface area contributed by atoms with Gasteiger partial charge in [0.15, 0.2) is 23.1 Å². The summed E-state index contributed by atoms with van der Waals surface area (Å²) in [6, 6.07) is 58.3. The van der Waals surface area contributed by atoms with Gasteiger partial charge in [0.2, 0.25) is 0 Å². The number of rotatable bonds is 4. The summed E-state index contributed by atoms with van der Waals surface area (Å²) >= 11 is 0. The van der Waals surface area contributed by atoms with Gasteiger partial charge in [-0.05, 0) is 47.2 Å². The lowest BCUT2D eigenvalue weighted by molar-refractivity contribution is 0.666. The predicted molar refractivity (Wildman–Crippen MR) is 223 cm³/mol. The highest BCUT2D eigenvalue weighted by molar-refractivity contribution is 6.28. The van der Waals surface area contributed by atoms with E-state index in [0.29, 0.717) is 17.5 Å². The molecule has 0 fully saturated rings. The van der Waals surface area contributed by atoms with Gasteiger partial charge in [0.1, 0.15) is 16.7 Å². The third kappa shape index (κ3) is 4.39. The number of fused-ring (bicyclic) bond motifs is 12. The van der Waals surface area contributed by atoms with Gasteiger partial charge in [-0.15, -0.1) is 0 Å². The van der Waals surface area contributed by atoms with Crippen LogP contribution in [0, 0.1) is 0 Å². The summed E-state index contributed by atoms with van der Waals surface area (Å²) in [6.07, 6.45) is 0. The Labute approximate surface area is 313 Å². The van der Waals surface area contributed by atoms with Crippen LogP contribution in [0.4, 0.5) is 0 Å². The Balaban J connectivity index is 1.15. The average molecular weight is 705 g/mol. The van der Waals surface area contributed by atoms with Gasteiger partial charge >= 0.3 is 0 Å². The van der Waals surface area contributed by atoms with Crippen LogP contribution in [-0.2, 0) is 0 Å². The molecule has 0 aliphatic carbocycles. The first-order chi connectivity index (χ1) is 27.3. The normalized spacial score (nSPS) is 12.0. The van der Waals surface area contributed by atoms with E-state index in [4.69, 9.17) is 23.8 Å². The summed E-state index contributed by atoms with van der Waals surface area (Å²) in [5, 5.41) is 8.77. The minimum absolute atomic E-state index is 0.588. The van der Waals surface area contributed by atoms with E-state index in [1.54, 1.807) is 0 Å². The SMILES string of the molecule is c1ccc(-c2nc(-c3ccccc3)nc(-c3cc4oc5c(-n6c7ccccc7c7c8c(ccc76)oc6ccccc68)cccc5c4c4ccccc34)n2)cc1. The summed E-state index contributed by atoms with van der Waals surface area (Å²) in [6.45, 7) is 0. The minimum atomic E-state index is 0.588. The quantitative estimate of drug-likeness (QED) is 0.182. The molecule has 0 N–H and O–H groups in total. The highest BCUT2D eigenvalue weighted by Gasteiger charge is 2.23. The van der Waals surface area contributed by atoms with Gasteiger partial charge in [-0.25, -0.2) is 15.0 Å². The Morgan fingerprint density at radius 1 is 0.364 bits per heavy atom. The van der Waals surface area contributed by atoms with E-state index in [2.05, 4.69) is 102 Å². The highest BCUT2D eigenvalue weighted by Crippen LogP contribution is 2.45. The molecule has 0 atom stereocenters. The molecule has 256 valence electrons. The molecular weight excluding hydrogens is 677 g/mol. The first-order valence-corrected chi connectivity index (χ1v) is 18.4. The standard InChI is InChI=1S/C49H28N4O2/c1-3-14-29(15-4-1)47-50-48(30-16-5-2-6-17-30)52-49(51-47)36-28-42-43(32-19-8-7-18-31(32)36)35-22-13-24-39(46(35)55-42)53-37-23-11-9-20-33(37)44-38(53)26-27-41-45(44)34-21-10-12-25-40(34)54-41/h1-28H. The Bertz CT molecular complexity index is 3430. The molecule has 0 spiro atoms. The van der Waals surface area contributed by atoms with Crippen LogP contribution in [0.1, 0.15) is 0 Å². The van der Waals surface area contributed by atoms with Crippen LogP contribution >= 0.6 is 0 Å². The lowest BCUT2D eigenvalue weighted by Crippen LogP contribution is -2.00. The fraction of sp³-hybridized carbons (Fsp3) is 0. The van der Waals surface area contributed by atoms with Crippen molar-refractivity contribution < 1.29 is 8.83 Å². The fourth-order valence-electron chi connectivity index (χ4n) is 8.47. The largest absolute Gasteiger partial charge is 0.456 e. The van der Waals surface area contributed by atoms with Crippen molar-refractivity contribution in [2.24, 2.45) is 0 Å². The maximum Gasteiger partial charge on any atom is 0.164 e. The lowest BCUT2D eigenvalue weighted by Gasteiger charge is -2.11. The second-order valence-electron chi connectivity index (χ2n) is 13.9. The van der Waals surface area contributed by atoms with Crippen LogP contribution in [0.5, 0.6) is 0 Å². The fourth-order valence-corrected chi connectivity index (χ4v) is 8.47. The minimum Gasteiger partial charge on any atom is -0.456 e. The van der Waals surface area contributed by atoms with Crippen molar-refractivity contribution >= 4 is 76.5 Å². The first kappa shape index (κ1) is 29.9. The molecule has 4 heterocycles. The summed E-state index contributed by atoms with van der Waals surface area (Å²) in [4.78, 5) is 15.2. The summed E-state index contributed by atoms with van der Waals surface area (Å²) in [5.41, 5.74) is 9.22. The number of aromatic nitrogens is 4. The third-order valence-corrected chi connectivity index (χ3v) is 10.8. The number of nitrogens with zero attached hydrogens (tertiary/aromatic N) is 4. The third-order valence-electron chi connectivity index (χ3n) is 10.8. The maximum atomic E-state index is 7.04. The molecule has 0 unspecified atom stereocenters. The van der Waals surface area contributed by atoms with Crippen molar-refractivity contribution in [3.8, 4) is 39.9 Å². The average Bonchev–Trinajstić information content (AvgIpc) is 3.93. The molecule has 6 nitrogen and oxygen atoms in total. The number of para-hydroxylation sites is 3.